The summed E-state index contributed by atoms with van der Waals surface area (Å²) in [5, 5.41) is 0. The summed E-state index contributed by atoms with van der Waals surface area (Å²) < 4.78 is 0. The van der Waals surface area contributed by atoms with Gasteiger partial charge in [-0.3, -0.25) is 4.79 Å². The van der Waals surface area contributed by atoms with Gasteiger partial charge in [-0.15, -0.1) is 0 Å². The Balaban J connectivity index is 1.77. The lowest BCUT2D eigenvalue weighted by Gasteiger charge is -2.38. The highest BCUT2D eigenvalue weighted by Crippen LogP contribution is 2.23. The van der Waals surface area contributed by atoms with Crippen LogP contribution >= 0.6 is 0 Å². The molecule has 0 aromatic carbocycles. The molecule has 2 aliphatic rings. The van der Waals surface area contributed by atoms with Crippen molar-refractivity contribution in [2.75, 3.05) is 26.2 Å². The lowest BCUT2D eigenvalue weighted by Crippen LogP contribution is -2.49. The second-order valence-electron chi connectivity index (χ2n) is 6.05. The standard InChI is InChI=1S/C14H25N3O2/c1-11-2-6-16(7-3-11)14(19)17-8-4-12(5-9-17)10-13(15)18/h11-12H,2-10H2,1H3,(H2,15,18). The molecule has 0 unspecified atom stereocenters. The van der Waals surface area contributed by atoms with Gasteiger partial charge in [0.2, 0.25) is 5.91 Å². The number of rotatable bonds is 2. The third-order valence-corrected chi connectivity index (χ3v) is 4.43. The SMILES string of the molecule is CC1CCN(C(=O)N2CCC(CC(N)=O)CC2)CC1. The fraction of sp³-hybridized carbons (Fsp3) is 0.857. The molecule has 2 N–H and O–H groups in total. The average molecular weight is 267 g/mol. The maximum atomic E-state index is 12.3. The fourth-order valence-corrected chi connectivity index (χ4v) is 3.01. The number of nitrogens with zero attached hydrogens (tertiary/aromatic N) is 2. The van der Waals surface area contributed by atoms with Crippen molar-refractivity contribution in [2.45, 2.75) is 39.0 Å². The zero-order chi connectivity index (χ0) is 13.8. The van der Waals surface area contributed by atoms with Crippen LogP contribution in [0, 0.1) is 11.8 Å². The van der Waals surface area contributed by atoms with Gasteiger partial charge < -0.3 is 15.5 Å². The van der Waals surface area contributed by atoms with Crippen LogP contribution in [0.15, 0.2) is 0 Å². The largest absolute Gasteiger partial charge is 0.370 e. The van der Waals surface area contributed by atoms with Gasteiger partial charge in [0.15, 0.2) is 0 Å². The molecule has 0 bridgehead atoms. The Morgan fingerprint density at radius 3 is 1.95 bits per heavy atom. The van der Waals surface area contributed by atoms with Crippen molar-refractivity contribution < 1.29 is 9.59 Å². The van der Waals surface area contributed by atoms with E-state index in [-0.39, 0.29) is 11.9 Å². The molecule has 0 saturated carbocycles. The van der Waals surface area contributed by atoms with Crippen molar-refractivity contribution in [3.05, 3.63) is 0 Å². The van der Waals surface area contributed by atoms with Crippen LogP contribution < -0.4 is 5.73 Å². The monoisotopic (exact) mass is 267 g/mol. The molecular formula is C14H25N3O2. The highest BCUT2D eigenvalue weighted by atomic mass is 16.2. The van der Waals surface area contributed by atoms with Crippen molar-refractivity contribution in [1.29, 1.82) is 0 Å². The summed E-state index contributed by atoms with van der Waals surface area (Å²) in [4.78, 5) is 27.2. The molecule has 108 valence electrons. The summed E-state index contributed by atoms with van der Waals surface area (Å²) >= 11 is 0. The molecule has 0 aromatic rings. The fourth-order valence-electron chi connectivity index (χ4n) is 3.01. The number of hydrogen-bond donors (Lipinski definition) is 1. The van der Waals surface area contributed by atoms with Crippen molar-refractivity contribution >= 4 is 11.9 Å². The number of amides is 3. The molecule has 2 aliphatic heterocycles. The molecule has 2 heterocycles. The summed E-state index contributed by atoms with van der Waals surface area (Å²) in [5.74, 6) is 0.878. The predicted octanol–water partition coefficient (Wildman–Crippen LogP) is 1.43. The van der Waals surface area contributed by atoms with Gasteiger partial charge in [0, 0.05) is 32.6 Å². The van der Waals surface area contributed by atoms with E-state index in [4.69, 9.17) is 5.73 Å². The number of carbonyl (C=O) groups is 2. The summed E-state index contributed by atoms with van der Waals surface area (Å²) in [5.41, 5.74) is 5.22. The van der Waals surface area contributed by atoms with E-state index in [1.165, 1.54) is 0 Å². The highest BCUT2D eigenvalue weighted by molar-refractivity contribution is 5.75. The maximum Gasteiger partial charge on any atom is 0.319 e. The van der Waals surface area contributed by atoms with Crippen LogP contribution in [0.1, 0.15) is 39.0 Å². The smallest absolute Gasteiger partial charge is 0.319 e. The van der Waals surface area contributed by atoms with Gasteiger partial charge in [0.25, 0.3) is 0 Å². The van der Waals surface area contributed by atoms with Crippen molar-refractivity contribution in [3.8, 4) is 0 Å². The van der Waals surface area contributed by atoms with Crippen LogP contribution in [0.4, 0.5) is 4.79 Å². The summed E-state index contributed by atoms with van der Waals surface area (Å²) in [7, 11) is 0. The number of urea groups is 1. The quantitative estimate of drug-likeness (QED) is 0.822. The zero-order valence-corrected chi connectivity index (χ0v) is 11.8. The summed E-state index contributed by atoms with van der Waals surface area (Å²) in [6.45, 7) is 5.56. The minimum Gasteiger partial charge on any atom is -0.370 e. The molecular weight excluding hydrogens is 242 g/mol. The number of likely N-dealkylation sites (tertiary alicyclic amines) is 2. The molecule has 2 saturated heterocycles. The van der Waals surface area contributed by atoms with E-state index in [1.54, 1.807) is 0 Å². The lowest BCUT2D eigenvalue weighted by atomic mass is 9.93. The average Bonchev–Trinajstić information content (AvgIpc) is 2.39. The molecule has 19 heavy (non-hydrogen) atoms. The molecule has 2 rings (SSSR count). The van der Waals surface area contributed by atoms with Gasteiger partial charge in [-0.25, -0.2) is 4.79 Å². The van der Waals surface area contributed by atoms with E-state index in [0.29, 0.717) is 12.3 Å². The van der Waals surface area contributed by atoms with Gasteiger partial charge in [-0.05, 0) is 37.5 Å². The maximum absolute atomic E-state index is 12.3. The Morgan fingerprint density at radius 2 is 1.47 bits per heavy atom. The van der Waals surface area contributed by atoms with E-state index < -0.39 is 0 Å². The van der Waals surface area contributed by atoms with Crippen LogP contribution in [0.5, 0.6) is 0 Å². The molecule has 0 aromatic heterocycles. The Hall–Kier alpha value is -1.26. The van der Waals surface area contributed by atoms with Crippen LogP contribution in [-0.4, -0.2) is 47.9 Å². The zero-order valence-electron chi connectivity index (χ0n) is 11.8. The van der Waals surface area contributed by atoms with E-state index in [9.17, 15) is 9.59 Å². The number of nitrogens with two attached hydrogens (primary N) is 1. The number of primary amides is 1. The van der Waals surface area contributed by atoms with E-state index in [1.807, 2.05) is 9.80 Å². The van der Waals surface area contributed by atoms with Gasteiger partial charge in [-0.2, -0.15) is 0 Å². The molecule has 0 atom stereocenters. The molecule has 0 aliphatic carbocycles. The second-order valence-corrected chi connectivity index (χ2v) is 6.05. The Morgan fingerprint density at radius 1 is 1.00 bits per heavy atom. The van der Waals surface area contributed by atoms with Crippen LogP contribution in [0.25, 0.3) is 0 Å². The first-order chi connectivity index (χ1) is 9.06. The topological polar surface area (TPSA) is 66.6 Å². The lowest BCUT2D eigenvalue weighted by molar-refractivity contribution is -0.119. The van der Waals surface area contributed by atoms with Crippen LogP contribution in [0.3, 0.4) is 0 Å². The molecule has 0 radical (unpaired) electrons. The number of hydrogen-bond acceptors (Lipinski definition) is 2. The summed E-state index contributed by atoms with van der Waals surface area (Å²) in [6, 6.07) is 0.185. The first-order valence-electron chi connectivity index (χ1n) is 7.38. The third-order valence-electron chi connectivity index (χ3n) is 4.43. The Bertz CT molecular complexity index is 330. The van der Waals surface area contributed by atoms with Gasteiger partial charge in [0.05, 0.1) is 0 Å². The van der Waals surface area contributed by atoms with Crippen molar-refractivity contribution in [1.82, 2.24) is 9.80 Å². The molecule has 3 amide bonds. The first-order valence-corrected chi connectivity index (χ1v) is 7.38. The molecule has 2 fully saturated rings. The van der Waals surface area contributed by atoms with Crippen molar-refractivity contribution in [3.63, 3.8) is 0 Å². The minimum absolute atomic E-state index is 0.185. The number of piperidine rings is 2. The molecule has 0 spiro atoms. The van der Waals surface area contributed by atoms with Crippen molar-refractivity contribution in [2.24, 2.45) is 17.6 Å². The van der Waals surface area contributed by atoms with Gasteiger partial charge in [0.1, 0.15) is 0 Å². The van der Waals surface area contributed by atoms with Crippen LogP contribution in [0.2, 0.25) is 0 Å². The van der Waals surface area contributed by atoms with E-state index in [2.05, 4.69) is 6.92 Å². The van der Waals surface area contributed by atoms with E-state index in [0.717, 1.165) is 57.8 Å². The highest BCUT2D eigenvalue weighted by Gasteiger charge is 2.28. The third kappa shape index (κ3) is 3.85. The minimum atomic E-state index is -0.227. The van der Waals surface area contributed by atoms with Crippen LogP contribution in [-0.2, 0) is 4.79 Å². The summed E-state index contributed by atoms with van der Waals surface area (Å²) in [6.07, 6.45) is 4.49. The van der Waals surface area contributed by atoms with Gasteiger partial charge >= 0.3 is 6.03 Å². The van der Waals surface area contributed by atoms with Gasteiger partial charge in [-0.1, -0.05) is 6.92 Å². The number of carbonyl (C=O) groups excluding carboxylic acids is 2. The molecule has 5 heteroatoms. The predicted molar refractivity (Wildman–Crippen MR) is 73.5 cm³/mol. The Kier molecular flexibility index (Phi) is 4.66. The Labute approximate surface area is 115 Å². The van der Waals surface area contributed by atoms with E-state index >= 15 is 0 Å². The second kappa shape index (κ2) is 6.26. The normalized spacial score (nSPS) is 22.6. The first kappa shape index (κ1) is 14.2. The molecule has 5 nitrogen and oxygen atoms in total.